The largest absolute Gasteiger partial charge is 0.330 e. The van der Waals surface area contributed by atoms with Gasteiger partial charge < -0.3 is 4.90 Å². The van der Waals surface area contributed by atoms with E-state index < -0.39 is 0 Å². The van der Waals surface area contributed by atoms with Crippen molar-refractivity contribution in [3.63, 3.8) is 0 Å². The number of ketones is 1. The number of hydrogen-bond acceptors (Lipinski definition) is 3. The smallest absolute Gasteiger partial charge is 0.328 e. The predicted molar refractivity (Wildman–Crippen MR) is 83.8 cm³/mol. The lowest BCUT2D eigenvalue weighted by Crippen LogP contribution is -2.26. The summed E-state index contributed by atoms with van der Waals surface area (Å²) in [4.78, 5) is 30.0. The first-order valence-electron chi connectivity index (χ1n) is 7.15. The third kappa shape index (κ3) is 2.57. The van der Waals surface area contributed by atoms with E-state index in [2.05, 4.69) is 4.98 Å². The number of allylic oxidation sites excluding steroid dienone is 1. The Hall–Kier alpha value is -2.69. The fourth-order valence-electron chi connectivity index (χ4n) is 2.58. The monoisotopic (exact) mass is 295 g/mol. The topological polar surface area (TPSA) is 55.2 Å². The number of carbonyl (C=O) groups is 2. The molecule has 1 aliphatic carbocycles. The van der Waals surface area contributed by atoms with Crippen LogP contribution in [0.15, 0.2) is 42.4 Å². The van der Waals surface area contributed by atoms with E-state index in [1.54, 1.807) is 26.4 Å². The highest BCUT2D eigenvalue weighted by molar-refractivity contribution is 6.13. The van der Waals surface area contributed by atoms with Gasteiger partial charge in [-0.1, -0.05) is 24.3 Å². The molecule has 1 aromatic heterocycles. The number of aromatic nitrogens is 2. The zero-order valence-corrected chi connectivity index (χ0v) is 12.6. The standard InChI is InChI=1S/C17H17N3O2/c1-19(2)17(22)20-10-14(18-11-20)9-13-8-7-12-5-3-4-6-15(12)16(13)21/h3-6,9-11H,7-8H2,1-2H3/b13-9+. The molecule has 22 heavy (non-hydrogen) atoms. The molecule has 0 radical (unpaired) electrons. The van der Waals surface area contributed by atoms with Crippen LogP contribution in [0.5, 0.6) is 0 Å². The van der Waals surface area contributed by atoms with Crippen LogP contribution in [0.3, 0.4) is 0 Å². The van der Waals surface area contributed by atoms with Crippen LogP contribution in [-0.4, -0.2) is 40.4 Å². The quantitative estimate of drug-likeness (QED) is 0.760. The van der Waals surface area contributed by atoms with Crippen molar-refractivity contribution in [2.45, 2.75) is 12.8 Å². The Morgan fingerprint density at radius 1 is 1.27 bits per heavy atom. The van der Waals surface area contributed by atoms with Gasteiger partial charge in [0.15, 0.2) is 5.78 Å². The number of fused-ring (bicyclic) bond motifs is 1. The van der Waals surface area contributed by atoms with Gasteiger partial charge in [0.25, 0.3) is 0 Å². The molecule has 1 aromatic carbocycles. The summed E-state index contributed by atoms with van der Waals surface area (Å²) in [5, 5.41) is 0. The number of benzene rings is 1. The molecular formula is C17H17N3O2. The van der Waals surface area contributed by atoms with Gasteiger partial charge in [0.05, 0.1) is 5.69 Å². The van der Waals surface area contributed by atoms with E-state index in [1.807, 2.05) is 24.3 Å². The number of imidazole rings is 1. The molecule has 5 nitrogen and oxygen atoms in total. The van der Waals surface area contributed by atoms with Crippen LogP contribution in [-0.2, 0) is 6.42 Å². The van der Waals surface area contributed by atoms with Gasteiger partial charge in [-0.05, 0) is 24.5 Å². The molecule has 0 saturated heterocycles. The molecule has 0 atom stereocenters. The Morgan fingerprint density at radius 2 is 2.05 bits per heavy atom. The lowest BCUT2D eigenvalue weighted by molar-refractivity contribution is 0.102. The number of amides is 1. The number of Topliss-reactive ketones (excluding diaryl/α,β-unsaturated/α-hetero) is 1. The van der Waals surface area contributed by atoms with E-state index in [9.17, 15) is 9.59 Å². The van der Waals surface area contributed by atoms with Crippen molar-refractivity contribution >= 4 is 17.9 Å². The highest BCUT2D eigenvalue weighted by Gasteiger charge is 2.21. The summed E-state index contributed by atoms with van der Waals surface area (Å²) in [7, 11) is 3.37. The highest BCUT2D eigenvalue weighted by atomic mass is 16.2. The minimum Gasteiger partial charge on any atom is -0.330 e. The predicted octanol–water partition coefficient (Wildman–Crippen LogP) is 2.63. The minimum absolute atomic E-state index is 0.0512. The summed E-state index contributed by atoms with van der Waals surface area (Å²) in [6.45, 7) is 0. The van der Waals surface area contributed by atoms with E-state index in [4.69, 9.17) is 0 Å². The molecule has 2 aromatic rings. The van der Waals surface area contributed by atoms with Gasteiger partial charge in [-0.3, -0.25) is 9.36 Å². The second kappa shape index (κ2) is 5.60. The first kappa shape index (κ1) is 14.3. The molecule has 1 heterocycles. The molecule has 0 spiro atoms. The molecule has 1 aliphatic rings. The van der Waals surface area contributed by atoms with E-state index in [0.717, 1.165) is 23.1 Å². The zero-order chi connectivity index (χ0) is 15.7. The van der Waals surface area contributed by atoms with E-state index >= 15 is 0 Å². The third-order valence-electron chi connectivity index (χ3n) is 3.75. The number of rotatable bonds is 1. The van der Waals surface area contributed by atoms with Crippen molar-refractivity contribution in [1.29, 1.82) is 0 Å². The van der Waals surface area contributed by atoms with E-state index in [-0.39, 0.29) is 11.8 Å². The van der Waals surface area contributed by atoms with Crippen LogP contribution >= 0.6 is 0 Å². The van der Waals surface area contributed by atoms with Gasteiger partial charge >= 0.3 is 6.03 Å². The molecule has 0 bridgehead atoms. The highest BCUT2D eigenvalue weighted by Crippen LogP contribution is 2.26. The number of carbonyl (C=O) groups excluding carboxylic acids is 2. The van der Waals surface area contributed by atoms with Crippen LogP contribution in [0, 0.1) is 0 Å². The Bertz CT molecular complexity index is 772. The molecule has 0 N–H and O–H groups in total. The summed E-state index contributed by atoms with van der Waals surface area (Å²) in [6.07, 6.45) is 6.44. The SMILES string of the molecule is CN(C)C(=O)n1cnc(/C=C2\CCc3ccccc3C2=O)c1. The van der Waals surface area contributed by atoms with Crippen molar-refractivity contribution in [1.82, 2.24) is 14.5 Å². The first-order valence-corrected chi connectivity index (χ1v) is 7.15. The van der Waals surface area contributed by atoms with Crippen LogP contribution in [0.4, 0.5) is 4.79 Å². The molecule has 0 fully saturated rings. The lowest BCUT2D eigenvalue weighted by Gasteiger charge is -2.16. The fourth-order valence-corrected chi connectivity index (χ4v) is 2.58. The zero-order valence-electron chi connectivity index (χ0n) is 12.6. The van der Waals surface area contributed by atoms with Gasteiger partial charge in [-0.15, -0.1) is 0 Å². The number of aryl methyl sites for hydroxylation is 1. The maximum Gasteiger partial charge on any atom is 0.328 e. The van der Waals surface area contributed by atoms with Crippen LogP contribution in [0.2, 0.25) is 0 Å². The Kier molecular flexibility index (Phi) is 3.63. The molecule has 0 aliphatic heterocycles. The van der Waals surface area contributed by atoms with Crippen LogP contribution in [0.1, 0.15) is 28.0 Å². The van der Waals surface area contributed by atoms with Crippen LogP contribution in [0.25, 0.3) is 6.08 Å². The van der Waals surface area contributed by atoms with Gasteiger partial charge in [-0.2, -0.15) is 0 Å². The summed E-state index contributed by atoms with van der Waals surface area (Å²) >= 11 is 0. The first-order chi connectivity index (χ1) is 10.6. The van der Waals surface area contributed by atoms with E-state index in [0.29, 0.717) is 12.1 Å². The summed E-state index contributed by atoms with van der Waals surface area (Å²) < 4.78 is 1.41. The van der Waals surface area contributed by atoms with Crippen LogP contribution < -0.4 is 0 Å². The molecule has 0 unspecified atom stereocenters. The van der Waals surface area contributed by atoms with Crippen molar-refractivity contribution < 1.29 is 9.59 Å². The second-order valence-electron chi connectivity index (χ2n) is 5.54. The summed E-state index contributed by atoms with van der Waals surface area (Å²) in [6, 6.07) is 7.52. The number of nitrogens with zero attached hydrogens (tertiary/aromatic N) is 3. The molecule has 5 heteroatoms. The Labute approximate surface area is 128 Å². The van der Waals surface area contributed by atoms with Gasteiger partial charge in [-0.25, -0.2) is 9.78 Å². The minimum atomic E-state index is -0.169. The Balaban J connectivity index is 1.88. The molecule has 3 rings (SSSR count). The average Bonchev–Trinajstić information content (AvgIpc) is 2.98. The van der Waals surface area contributed by atoms with E-state index in [1.165, 1.54) is 15.8 Å². The average molecular weight is 295 g/mol. The van der Waals surface area contributed by atoms with Gasteiger partial charge in [0.1, 0.15) is 6.33 Å². The molecule has 112 valence electrons. The van der Waals surface area contributed by atoms with Crippen molar-refractivity contribution in [2.24, 2.45) is 0 Å². The third-order valence-corrected chi connectivity index (χ3v) is 3.75. The van der Waals surface area contributed by atoms with Crippen molar-refractivity contribution in [3.8, 4) is 0 Å². The van der Waals surface area contributed by atoms with Gasteiger partial charge in [0.2, 0.25) is 0 Å². The second-order valence-corrected chi connectivity index (χ2v) is 5.54. The fraction of sp³-hybridized carbons (Fsp3) is 0.235. The molecule has 0 saturated carbocycles. The summed E-state index contributed by atoms with van der Waals surface area (Å²) in [5.41, 5.74) is 3.22. The number of hydrogen-bond donors (Lipinski definition) is 0. The van der Waals surface area contributed by atoms with Crippen molar-refractivity contribution in [3.05, 3.63) is 59.2 Å². The van der Waals surface area contributed by atoms with Crippen molar-refractivity contribution in [2.75, 3.05) is 14.1 Å². The lowest BCUT2D eigenvalue weighted by atomic mass is 9.86. The maximum atomic E-state index is 12.5. The Morgan fingerprint density at radius 3 is 2.82 bits per heavy atom. The molecular weight excluding hydrogens is 278 g/mol. The summed E-state index contributed by atoms with van der Waals surface area (Å²) in [5.74, 6) is 0.0512. The maximum absolute atomic E-state index is 12.5. The molecule has 1 amide bonds. The van der Waals surface area contributed by atoms with Gasteiger partial charge in [0, 0.05) is 31.4 Å². The normalized spacial score (nSPS) is 15.7.